The third-order valence-electron chi connectivity index (χ3n) is 2.88. The monoisotopic (exact) mass is 272 g/mol. The van der Waals surface area contributed by atoms with Crippen molar-refractivity contribution in [3.8, 4) is 5.75 Å². The summed E-state index contributed by atoms with van der Waals surface area (Å²) in [5.74, 6) is 1.77. The highest BCUT2D eigenvalue weighted by atomic mass is 32.2. The van der Waals surface area contributed by atoms with Gasteiger partial charge in [0.05, 0.1) is 7.11 Å². The SMILES string of the molecule is COc1ccc(C(=O)c2ccc(CSC)cc2)cc1. The van der Waals surface area contributed by atoms with Crippen LogP contribution in [0.1, 0.15) is 21.5 Å². The first kappa shape index (κ1) is 13.7. The van der Waals surface area contributed by atoms with Gasteiger partial charge in [-0.05, 0) is 36.1 Å². The number of carbonyl (C=O) groups excluding carboxylic acids is 1. The van der Waals surface area contributed by atoms with E-state index >= 15 is 0 Å². The Hall–Kier alpha value is -1.74. The van der Waals surface area contributed by atoms with Gasteiger partial charge >= 0.3 is 0 Å². The summed E-state index contributed by atoms with van der Waals surface area (Å²) in [4.78, 5) is 12.3. The molecule has 0 radical (unpaired) electrons. The van der Waals surface area contributed by atoms with Gasteiger partial charge in [-0.15, -0.1) is 0 Å². The van der Waals surface area contributed by atoms with Gasteiger partial charge in [0, 0.05) is 16.9 Å². The summed E-state index contributed by atoms with van der Waals surface area (Å²) in [5.41, 5.74) is 2.63. The van der Waals surface area contributed by atoms with Crippen LogP contribution in [0.3, 0.4) is 0 Å². The Morgan fingerprint density at radius 1 is 1.00 bits per heavy atom. The molecule has 0 atom stereocenters. The van der Waals surface area contributed by atoms with E-state index in [1.807, 2.05) is 24.3 Å². The van der Waals surface area contributed by atoms with Crippen LogP contribution in [-0.2, 0) is 5.75 Å². The molecule has 2 rings (SSSR count). The number of rotatable bonds is 5. The molecule has 2 aromatic carbocycles. The lowest BCUT2D eigenvalue weighted by molar-refractivity contribution is 0.103. The van der Waals surface area contributed by atoms with Gasteiger partial charge in [-0.25, -0.2) is 0 Å². The highest BCUT2D eigenvalue weighted by Gasteiger charge is 2.08. The van der Waals surface area contributed by atoms with E-state index in [1.54, 1.807) is 43.1 Å². The lowest BCUT2D eigenvalue weighted by Crippen LogP contribution is -2.01. The average Bonchev–Trinajstić information content (AvgIpc) is 2.48. The first-order valence-corrected chi connectivity index (χ1v) is 7.40. The standard InChI is InChI=1S/C16H16O2S/c1-18-15-9-7-14(8-10-15)16(17)13-5-3-12(4-6-13)11-19-2/h3-10H,11H2,1-2H3. The molecule has 0 spiro atoms. The predicted molar refractivity (Wildman–Crippen MR) is 80.1 cm³/mol. The molecule has 0 saturated heterocycles. The van der Waals surface area contributed by atoms with E-state index in [1.165, 1.54) is 5.56 Å². The number of hydrogen-bond acceptors (Lipinski definition) is 3. The van der Waals surface area contributed by atoms with Crippen molar-refractivity contribution >= 4 is 17.5 Å². The normalized spacial score (nSPS) is 10.2. The van der Waals surface area contributed by atoms with Crippen LogP contribution in [0, 0.1) is 0 Å². The summed E-state index contributed by atoms with van der Waals surface area (Å²) >= 11 is 1.77. The van der Waals surface area contributed by atoms with Crippen molar-refractivity contribution < 1.29 is 9.53 Å². The molecule has 0 fully saturated rings. The molecule has 0 aliphatic rings. The van der Waals surface area contributed by atoms with E-state index in [9.17, 15) is 4.79 Å². The number of ether oxygens (including phenoxy) is 1. The summed E-state index contributed by atoms with van der Waals surface area (Å²) in [6, 6.07) is 15.0. The summed E-state index contributed by atoms with van der Waals surface area (Å²) in [6.45, 7) is 0. The van der Waals surface area contributed by atoms with Gasteiger partial charge in [0.2, 0.25) is 0 Å². The summed E-state index contributed by atoms with van der Waals surface area (Å²) in [5, 5.41) is 0. The molecule has 0 N–H and O–H groups in total. The van der Waals surface area contributed by atoms with Crippen LogP contribution in [0.2, 0.25) is 0 Å². The molecule has 98 valence electrons. The molecular weight excluding hydrogens is 256 g/mol. The van der Waals surface area contributed by atoms with Crippen molar-refractivity contribution in [3.63, 3.8) is 0 Å². The smallest absolute Gasteiger partial charge is 0.193 e. The van der Waals surface area contributed by atoms with Crippen molar-refractivity contribution in [1.82, 2.24) is 0 Å². The maximum atomic E-state index is 12.3. The van der Waals surface area contributed by atoms with Crippen LogP contribution in [0.4, 0.5) is 0 Å². The molecule has 0 amide bonds. The van der Waals surface area contributed by atoms with E-state index in [4.69, 9.17) is 4.74 Å². The second-order valence-corrected chi connectivity index (χ2v) is 5.05. The van der Waals surface area contributed by atoms with E-state index in [2.05, 4.69) is 6.26 Å². The fourth-order valence-corrected chi connectivity index (χ4v) is 2.35. The maximum absolute atomic E-state index is 12.3. The third-order valence-corrected chi connectivity index (χ3v) is 3.50. The third kappa shape index (κ3) is 3.38. The number of carbonyl (C=O) groups is 1. The van der Waals surface area contributed by atoms with E-state index in [0.29, 0.717) is 5.56 Å². The first-order valence-electron chi connectivity index (χ1n) is 6.01. The second-order valence-electron chi connectivity index (χ2n) is 4.19. The topological polar surface area (TPSA) is 26.3 Å². The highest BCUT2D eigenvalue weighted by molar-refractivity contribution is 7.97. The Kier molecular flexibility index (Phi) is 4.63. The molecule has 0 heterocycles. The molecule has 2 nitrogen and oxygen atoms in total. The van der Waals surface area contributed by atoms with Crippen LogP contribution >= 0.6 is 11.8 Å². The molecule has 19 heavy (non-hydrogen) atoms. The van der Waals surface area contributed by atoms with Crippen LogP contribution in [0.15, 0.2) is 48.5 Å². The lowest BCUT2D eigenvalue weighted by Gasteiger charge is -2.04. The van der Waals surface area contributed by atoms with E-state index in [0.717, 1.165) is 17.1 Å². The van der Waals surface area contributed by atoms with Gasteiger partial charge in [-0.2, -0.15) is 11.8 Å². The zero-order chi connectivity index (χ0) is 13.7. The van der Waals surface area contributed by atoms with E-state index < -0.39 is 0 Å². The average molecular weight is 272 g/mol. The van der Waals surface area contributed by atoms with Crippen LogP contribution in [-0.4, -0.2) is 19.1 Å². The number of hydrogen-bond donors (Lipinski definition) is 0. The minimum Gasteiger partial charge on any atom is -0.497 e. The molecule has 3 heteroatoms. The predicted octanol–water partition coefficient (Wildman–Crippen LogP) is 3.79. The minimum atomic E-state index is 0.0401. The molecule has 0 saturated carbocycles. The molecule has 0 aromatic heterocycles. The molecule has 0 aliphatic carbocycles. The largest absolute Gasteiger partial charge is 0.497 e. The van der Waals surface area contributed by atoms with Gasteiger partial charge < -0.3 is 4.74 Å². The molecule has 0 unspecified atom stereocenters. The fraction of sp³-hybridized carbons (Fsp3) is 0.188. The second kappa shape index (κ2) is 6.43. The number of benzene rings is 2. The fourth-order valence-electron chi connectivity index (χ4n) is 1.83. The van der Waals surface area contributed by atoms with Gasteiger partial charge in [0.15, 0.2) is 5.78 Å². The van der Waals surface area contributed by atoms with E-state index in [-0.39, 0.29) is 5.78 Å². The van der Waals surface area contributed by atoms with Crippen LogP contribution in [0.5, 0.6) is 5.75 Å². The molecule has 2 aromatic rings. The Morgan fingerprint density at radius 3 is 2.00 bits per heavy atom. The number of thioether (sulfide) groups is 1. The summed E-state index contributed by atoms with van der Waals surface area (Å²) in [6.07, 6.45) is 2.07. The van der Waals surface area contributed by atoms with Crippen LogP contribution < -0.4 is 4.74 Å². The van der Waals surface area contributed by atoms with Crippen molar-refractivity contribution in [2.75, 3.05) is 13.4 Å². The van der Waals surface area contributed by atoms with Crippen LogP contribution in [0.25, 0.3) is 0 Å². The lowest BCUT2D eigenvalue weighted by atomic mass is 10.0. The van der Waals surface area contributed by atoms with Gasteiger partial charge in [-0.3, -0.25) is 4.79 Å². The highest BCUT2D eigenvalue weighted by Crippen LogP contribution is 2.16. The quantitative estimate of drug-likeness (QED) is 0.775. The molecule has 0 aliphatic heterocycles. The van der Waals surface area contributed by atoms with Crippen molar-refractivity contribution in [2.45, 2.75) is 5.75 Å². The Morgan fingerprint density at radius 2 is 1.53 bits per heavy atom. The maximum Gasteiger partial charge on any atom is 0.193 e. The Labute approximate surface area is 117 Å². The molecular formula is C16H16O2S. The Bertz CT molecular complexity index is 544. The van der Waals surface area contributed by atoms with Crippen molar-refractivity contribution in [2.24, 2.45) is 0 Å². The minimum absolute atomic E-state index is 0.0401. The first-order chi connectivity index (χ1) is 9.24. The van der Waals surface area contributed by atoms with Gasteiger partial charge in [-0.1, -0.05) is 24.3 Å². The number of methoxy groups -OCH3 is 1. The zero-order valence-electron chi connectivity index (χ0n) is 11.1. The summed E-state index contributed by atoms with van der Waals surface area (Å²) in [7, 11) is 1.61. The van der Waals surface area contributed by atoms with Gasteiger partial charge in [0.1, 0.15) is 5.75 Å². The molecule has 0 bridgehead atoms. The van der Waals surface area contributed by atoms with Crippen molar-refractivity contribution in [1.29, 1.82) is 0 Å². The summed E-state index contributed by atoms with van der Waals surface area (Å²) < 4.78 is 5.08. The zero-order valence-corrected chi connectivity index (χ0v) is 11.9. The number of ketones is 1. The Balaban J connectivity index is 2.18. The van der Waals surface area contributed by atoms with Crippen molar-refractivity contribution in [3.05, 3.63) is 65.2 Å². The van der Waals surface area contributed by atoms with Gasteiger partial charge in [0.25, 0.3) is 0 Å².